The number of imidazole rings is 1. The van der Waals surface area contributed by atoms with Gasteiger partial charge in [0.25, 0.3) is 0 Å². The van der Waals surface area contributed by atoms with Crippen molar-refractivity contribution in [1.82, 2.24) is 19.8 Å². The predicted octanol–water partition coefficient (Wildman–Crippen LogP) is 2.87. The predicted molar refractivity (Wildman–Crippen MR) is 84.4 cm³/mol. The van der Waals surface area contributed by atoms with Gasteiger partial charge in [-0.3, -0.25) is 4.90 Å². The smallest absolute Gasteiger partial charge is 0.406 e. The summed E-state index contributed by atoms with van der Waals surface area (Å²) in [5, 5.41) is 0. The van der Waals surface area contributed by atoms with Crippen LogP contribution in [0.25, 0.3) is 0 Å². The highest BCUT2D eigenvalue weighted by atomic mass is 19.4. The summed E-state index contributed by atoms with van der Waals surface area (Å²) in [6, 6.07) is 5.97. The minimum Gasteiger partial charge on any atom is -0.406 e. The Hall–Kier alpha value is -2.06. The van der Waals surface area contributed by atoms with Crippen LogP contribution >= 0.6 is 0 Å². The highest BCUT2D eigenvalue weighted by Gasteiger charge is 2.30. The van der Waals surface area contributed by atoms with E-state index in [-0.39, 0.29) is 5.75 Å². The number of hydrogen-bond donors (Lipinski definition) is 1. The van der Waals surface area contributed by atoms with Gasteiger partial charge in [0.15, 0.2) is 0 Å². The van der Waals surface area contributed by atoms with Gasteiger partial charge in [0, 0.05) is 38.1 Å². The van der Waals surface area contributed by atoms with Gasteiger partial charge in [-0.2, -0.15) is 0 Å². The van der Waals surface area contributed by atoms with Crippen LogP contribution in [0.5, 0.6) is 5.75 Å². The Morgan fingerprint density at radius 2 is 1.79 bits per heavy atom. The Balaban J connectivity index is 1.99. The van der Waals surface area contributed by atoms with E-state index in [2.05, 4.69) is 24.5 Å². The third-order valence-electron chi connectivity index (χ3n) is 3.38. The summed E-state index contributed by atoms with van der Waals surface area (Å²) in [5.41, 5.74) is 1.91. The molecular weight excluding hydrogens is 321 g/mol. The summed E-state index contributed by atoms with van der Waals surface area (Å²) >= 11 is 0. The maximum absolute atomic E-state index is 12.2. The van der Waals surface area contributed by atoms with Gasteiger partial charge >= 0.3 is 6.36 Å². The number of benzene rings is 1. The van der Waals surface area contributed by atoms with E-state index in [0.29, 0.717) is 13.1 Å². The molecule has 1 N–H and O–H groups in total. The van der Waals surface area contributed by atoms with E-state index >= 15 is 0 Å². The molecule has 0 aliphatic carbocycles. The van der Waals surface area contributed by atoms with E-state index < -0.39 is 6.36 Å². The molecule has 1 heterocycles. The van der Waals surface area contributed by atoms with E-state index in [1.165, 1.54) is 12.1 Å². The summed E-state index contributed by atoms with van der Waals surface area (Å²) in [4.78, 5) is 11.4. The fraction of sp³-hybridized carbons (Fsp3) is 0.438. The molecule has 0 bridgehead atoms. The number of ether oxygens (including phenoxy) is 1. The summed E-state index contributed by atoms with van der Waals surface area (Å²) in [6.45, 7) is 3.02. The SMILES string of the molecule is CN(C)CCN(Cc1ccc(OC(F)(F)F)cc1)Cc1cnc[nH]1. The molecule has 1 aromatic carbocycles. The largest absolute Gasteiger partial charge is 0.573 e. The first-order valence-electron chi connectivity index (χ1n) is 7.51. The molecule has 0 fully saturated rings. The van der Waals surface area contributed by atoms with Gasteiger partial charge in [-0.05, 0) is 31.8 Å². The highest BCUT2D eigenvalue weighted by molar-refractivity contribution is 5.27. The fourth-order valence-electron chi connectivity index (χ4n) is 2.22. The molecule has 0 saturated heterocycles. The molecule has 2 aromatic rings. The average Bonchev–Trinajstić information content (AvgIpc) is 2.98. The lowest BCUT2D eigenvalue weighted by Crippen LogP contribution is -2.31. The zero-order valence-electron chi connectivity index (χ0n) is 13.7. The number of H-pyrrole nitrogens is 1. The fourth-order valence-corrected chi connectivity index (χ4v) is 2.22. The maximum Gasteiger partial charge on any atom is 0.573 e. The van der Waals surface area contributed by atoms with Crippen molar-refractivity contribution in [3.05, 3.63) is 48.0 Å². The molecule has 0 radical (unpaired) electrons. The molecule has 0 amide bonds. The number of rotatable bonds is 8. The van der Waals surface area contributed by atoms with Crippen LogP contribution in [-0.4, -0.2) is 53.3 Å². The highest BCUT2D eigenvalue weighted by Crippen LogP contribution is 2.23. The van der Waals surface area contributed by atoms with Crippen LogP contribution < -0.4 is 4.74 Å². The lowest BCUT2D eigenvalue weighted by atomic mass is 10.2. The monoisotopic (exact) mass is 342 g/mol. The minimum atomic E-state index is -4.67. The first kappa shape index (κ1) is 18.3. The summed E-state index contributed by atoms with van der Waals surface area (Å²) < 4.78 is 40.5. The van der Waals surface area contributed by atoms with Crippen LogP contribution in [0.15, 0.2) is 36.8 Å². The number of hydrogen-bond acceptors (Lipinski definition) is 4. The Labute approximate surface area is 139 Å². The second-order valence-electron chi connectivity index (χ2n) is 5.78. The van der Waals surface area contributed by atoms with Crippen molar-refractivity contribution in [3.8, 4) is 5.75 Å². The molecule has 24 heavy (non-hydrogen) atoms. The lowest BCUT2D eigenvalue weighted by Gasteiger charge is -2.23. The second-order valence-corrected chi connectivity index (χ2v) is 5.78. The topological polar surface area (TPSA) is 44.4 Å². The van der Waals surface area contributed by atoms with Gasteiger partial charge in [0.2, 0.25) is 0 Å². The zero-order valence-corrected chi connectivity index (χ0v) is 13.7. The number of likely N-dealkylation sites (N-methyl/N-ethyl adjacent to an activating group) is 1. The van der Waals surface area contributed by atoms with Crippen molar-refractivity contribution in [2.24, 2.45) is 0 Å². The summed E-state index contributed by atoms with van der Waals surface area (Å²) in [7, 11) is 4.00. The average molecular weight is 342 g/mol. The number of nitrogens with one attached hydrogen (secondary N) is 1. The number of halogens is 3. The molecule has 132 valence electrons. The van der Waals surface area contributed by atoms with E-state index in [1.54, 1.807) is 24.7 Å². The normalized spacial score (nSPS) is 12.1. The van der Waals surface area contributed by atoms with Crippen LogP contribution in [0.4, 0.5) is 13.2 Å². The minimum absolute atomic E-state index is 0.209. The zero-order chi connectivity index (χ0) is 17.6. The molecular formula is C16H21F3N4O. The number of aromatic amines is 1. The first-order chi connectivity index (χ1) is 11.3. The molecule has 1 aromatic heterocycles. The number of nitrogens with zero attached hydrogens (tertiary/aromatic N) is 3. The van der Waals surface area contributed by atoms with E-state index in [4.69, 9.17) is 0 Å². The van der Waals surface area contributed by atoms with Crippen LogP contribution in [-0.2, 0) is 13.1 Å². The van der Waals surface area contributed by atoms with E-state index in [0.717, 1.165) is 24.3 Å². The van der Waals surface area contributed by atoms with Gasteiger partial charge in [-0.15, -0.1) is 13.2 Å². The van der Waals surface area contributed by atoms with Crippen molar-refractivity contribution < 1.29 is 17.9 Å². The van der Waals surface area contributed by atoms with Gasteiger partial charge in [-0.1, -0.05) is 12.1 Å². The first-order valence-corrected chi connectivity index (χ1v) is 7.51. The molecule has 2 rings (SSSR count). The van der Waals surface area contributed by atoms with Gasteiger partial charge in [0.1, 0.15) is 5.75 Å². The van der Waals surface area contributed by atoms with E-state index in [1.807, 2.05) is 14.1 Å². The van der Waals surface area contributed by atoms with Crippen molar-refractivity contribution in [1.29, 1.82) is 0 Å². The quantitative estimate of drug-likeness (QED) is 0.801. The van der Waals surface area contributed by atoms with Crippen LogP contribution in [0.3, 0.4) is 0 Å². The second kappa shape index (κ2) is 8.16. The Morgan fingerprint density at radius 1 is 1.08 bits per heavy atom. The van der Waals surface area contributed by atoms with Crippen molar-refractivity contribution >= 4 is 0 Å². The molecule has 0 atom stereocenters. The maximum atomic E-state index is 12.2. The van der Waals surface area contributed by atoms with Gasteiger partial charge in [0.05, 0.1) is 6.33 Å². The third-order valence-corrected chi connectivity index (χ3v) is 3.38. The summed E-state index contributed by atoms with van der Waals surface area (Å²) in [5.74, 6) is -0.209. The molecule has 8 heteroatoms. The van der Waals surface area contributed by atoms with E-state index in [9.17, 15) is 13.2 Å². The Bertz CT molecular complexity index is 597. The molecule has 5 nitrogen and oxygen atoms in total. The van der Waals surface area contributed by atoms with Crippen LogP contribution in [0.2, 0.25) is 0 Å². The number of alkyl halides is 3. The van der Waals surface area contributed by atoms with Crippen LogP contribution in [0, 0.1) is 0 Å². The summed E-state index contributed by atoms with van der Waals surface area (Å²) in [6.07, 6.45) is -1.27. The lowest BCUT2D eigenvalue weighted by molar-refractivity contribution is -0.274. The molecule has 0 unspecified atom stereocenters. The van der Waals surface area contributed by atoms with Crippen molar-refractivity contribution in [2.75, 3.05) is 27.2 Å². The number of aromatic nitrogens is 2. The Kier molecular flexibility index (Phi) is 6.22. The molecule has 0 aliphatic rings. The van der Waals surface area contributed by atoms with Crippen molar-refractivity contribution in [2.45, 2.75) is 19.5 Å². The molecule has 0 spiro atoms. The van der Waals surface area contributed by atoms with Gasteiger partial charge in [-0.25, -0.2) is 4.98 Å². The molecule has 0 aliphatic heterocycles. The standard InChI is InChI=1S/C16H21F3N4O/c1-22(2)7-8-23(11-14-9-20-12-21-14)10-13-3-5-15(6-4-13)24-16(17,18)19/h3-6,9,12H,7-8,10-11H2,1-2H3,(H,20,21). The molecule has 0 saturated carbocycles. The van der Waals surface area contributed by atoms with Crippen LogP contribution in [0.1, 0.15) is 11.3 Å². The third kappa shape index (κ3) is 6.59. The Morgan fingerprint density at radius 3 is 2.33 bits per heavy atom. The van der Waals surface area contributed by atoms with Gasteiger partial charge < -0.3 is 14.6 Å². The van der Waals surface area contributed by atoms with Crippen molar-refractivity contribution in [3.63, 3.8) is 0 Å².